The Morgan fingerprint density at radius 2 is 2.09 bits per heavy atom. The number of fused-ring (bicyclic) bond motifs is 1. The lowest BCUT2D eigenvalue weighted by atomic mass is 10.2. The summed E-state index contributed by atoms with van der Waals surface area (Å²) in [5.41, 5.74) is 2.66. The fourth-order valence-electron chi connectivity index (χ4n) is 2.47. The second kappa shape index (κ2) is 10.8. The first-order valence-electron chi connectivity index (χ1n) is 7.49. The minimum Gasteiger partial charge on any atom is -0.382 e. The third-order valence-corrected chi connectivity index (χ3v) is 3.53. The maximum Gasteiger partial charge on any atom is 0.198 e. The number of aliphatic imine (C=N–C) groups is 1. The molecule has 1 aromatic rings. The number of ether oxygens (including phenoxy) is 2. The molecule has 0 atom stereocenters. The highest BCUT2D eigenvalue weighted by atomic mass is 127. The van der Waals surface area contributed by atoms with Crippen LogP contribution in [0.25, 0.3) is 0 Å². The fourth-order valence-corrected chi connectivity index (χ4v) is 2.47. The molecule has 124 valence electrons. The average Bonchev–Trinajstić information content (AvgIpc) is 2.94. The zero-order valence-corrected chi connectivity index (χ0v) is 15.7. The Morgan fingerprint density at radius 3 is 2.86 bits per heavy atom. The summed E-state index contributed by atoms with van der Waals surface area (Å²) in [7, 11) is 3.52. The summed E-state index contributed by atoms with van der Waals surface area (Å²) < 4.78 is 10.4. The van der Waals surface area contributed by atoms with E-state index in [0.29, 0.717) is 13.2 Å². The van der Waals surface area contributed by atoms with Crippen molar-refractivity contribution in [3.63, 3.8) is 0 Å². The first-order valence-corrected chi connectivity index (χ1v) is 7.49. The lowest BCUT2D eigenvalue weighted by molar-refractivity contribution is 0.0698. The molecule has 1 aromatic carbocycles. The summed E-state index contributed by atoms with van der Waals surface area (Å²) >= 11 is 0. The van der Waals surface area contributed by atoms with E-state index in [0.717, 1.165) is 38.5 Å². The third-order valence-electron chi connectivity index (χ3n) is 3.53. The summed E-state index contributed by atoms with van der Waals surface area (Å²) in [5, 5.41) is 3.41. The van der Waals surface area contributed by atoms with Crippen molar-refractivity contribution in [1.82, 2.24) is 5.32 Å². The molecule has 1 aliphatic rings. The third kappa shape index (κ3) is 5.40. The Labute approximate surface area is 150 Å². The van der Waals surface area contributed by atoms with Crippen molar-refractivity contribution >= 4 is 35.6 Å². The Bertz CT molecular complexity index is 468. The van der Waals surface area contributed by atoms with E-state index in [1.54, 1.807) is 7.11 Å². The molecule has 0 aliphatic carbocycles. The van der Waals surface area contributed by atoms with E-state index in [9.17, 15) is 0 Å². The van der Waals surface area contributed by atoms with Gasteiger partial charge in [0.1, 0.15) is 0 Å². The van der Waals surface area contributed by atoms with Crippen molar-refractivity contribution in [2.24, 2.45) is 4.99 Å². The first-order chi connectivity index (χ1) is 10.4. The van der Waals surface area contributed by atoms with Crippen LogP contribution in [-0.4, -0.2) is 53.0 Å². The number of guanidine groups is 1. The molecule has 0 spiro atoms. The van der Waals surface area contributed by atoms with Gasteiger partial charge in [0, 0.05) is 39.5 Å². The number of benzene rings is 1. The molecular formula is C16H26IN3O2. The second-order valence-corrected chi connectivity index (χ2v) is 4.96. The van der Waals surface area contributed by atoms with Crippen LogP contribution in [0, 0.1) is 0 Å². The number of halogens is 1. The van der Waals surface area contributed by atoms with Crippen LogP contribution in [0.5, 0.6) is 0 Å². The van der Waals surface area contributed by atoms with Crippen molar-refractivity contribution in [2.75, 3.05) is 52.0 Å². The van der Waals surface area contributed by atoms with Crippen LogP contribution in [-0.2, 0) is 15.9 Å². The Balaban J connectivity index is 0.00000242. The van der Waals surface area contributed by atoms with Crippen LogP contribution in [0.2, 0.25) is 0 Å². The molecule has 2 rings (SSSR count). The number of para-hydroxylation sites is 1. The minimum atomic E-state index is 0. The summed E-state index contributed by atoms with van der Waals surface area (Å²) in [4.78, 5) is 6.64. The van der Waals surface area contributed by atoms with Crippen LogP contribution in [0.1, 0.15) is 12.0 Å². The molecular weight excluding hydrogens is 393 g/mol. The van der Waals surface area contributed by atoms with Gasteiger partial charge in [0.05, 0.1) is 13.2 Å². The zero-order valence-electron chi connectivity index (χ0n) is 13.4. The van der Waals surface area contributed by atoms with Gasteiger partial charge in [-0.05, 0) is 24.5 Å². The predicted molar refractivity (Wildman–Crippen MR) is 102 cm³/mol. The molecule has 0 unspecified atom stereocenters. The Morgan fingerprint density at radius 1 is 1.27 bits per heavy atom. The van der Waals surface area contributed by atoms with Gasteiger partial charge in [-0.1, -0.05) is 18.2 Å². The maximum atomic E-state index is 5.45. The molecule has 0 radical (unpaired) electrons. The van der Waals surface area contributed by atoms with E-state index in [-0.39, 0.29) is 24.0 Å². The maximum absolute atomic E-state index is 5.45. The van der Waals surface area contributed by atoms with Crippen molar-refractivity contribution in [3.05, 3.63) is 29.8 Å². The fraction of sp³-hybridized carbons (Fsp3) is 0.562. The second-order valence-electron chi connectivity index (χ2n) is 4.96. The molecule has 1 N–H and O–H groups in total. The molecule has 0 bridgehead atoms. The van der Waals surface area contributed by atoms with Crippen molar-refractivity contribution < 1.29 is 9.47 Å². The van der Waals surface area contributed by atoms with Crippen LogP contribution in [0.4, 0.5) is 5.69 Å². The van der Waals surface area contributed by atoms with Gasteiger partial charge in [-0.3, -0.25) is 4.99 Å². The molecule has 0 fully saturated rings. The van der Waals surface area contributed by atoms with E-state index in [1.807, 2.05) is 7.05 Å². The normalized spacial score (nSPS) is 13.7. The average molecular weight is 419 g/mol. The zero-order chi connectivity index (χ0) is 14.9. The van der Waals surface area contributed by atoms with Gasteiger partial charge in [0.15, 0.2) is 5.96 Å². The highest BCUT2D eigenvalue weighted by molar-refractivity contribution is 14.0. The highest BCUT2D eigenvalue weighted by Gasteiger charge is 2.21. The smallest absolute Gasteiger partial charge is 0.198 e. The van der Waals surface area contributed by atoms with E-state index in [1.165, 1.54) is 11.3 Å². The van der Waals surface area contributed by atoms with E-state index >= 15 is 0 Å². The van der Waals surface area contributed by atoms with E-state index in [2.05, 4.69) is 39.5 Å². The van der Waals surface area contributed by atoms with E-state index < -0.39 is 0 Å². The molecule has 5 nitrogen and oxygen atoms in total. The molecule has 0 saturated heterocycles. The number of hydrogen-bond acceptors (Lipinski definition) is 3. The van der Waals surface area contributed by atoms with Crippen LogP contribution >= 0.6 is 24.0 Å². The number of hydrogen-bond donors (Lipinski definition) is 1. The molecule has 1 aliphatic heterocycles. The largest absolute Gasteiger partial charge is 0.382 e. The Hall–Kier alpha value is -0.860. The number of rotatable bonds is 7. The van der Waals surface area contributed by atoms with Gasteiger partial charge in [-0.25, -0.2) is 0 Å². The van der Waals surface area contributed by atoms with Crippen molar-refractivity contribution in [3.8, 4) is 0 Å². The van der Waals surface area contributed by atoms with Crippen LogP contribution in [0.15, 0.2) is 29.3 Å². The number of methoxy groups -OCH3 is 1. The lowest BCUT2D eigenvalue weighted by Crippen LogP contribution is -2.41. The summed E-state index contributed by atoms with van der Waals surface area (Å²) in [6.07, 6.45) is 2.04. The van der Waals surface area contributed by atoms with Gasteiger partial charge in [-0.15, -0.1) is 24.0 Å². The molecule has 6 heteroatoms. The monoisotopic (exact) mass is 419 g/mol. The topological polar surface area (TPSA) is 46.1 Å². The Kier molecular flexibility index (Phi) is 9.42. The number of anilines is 1. The number of nitrogens with zero attached hydrogens (tertiary/aromatic N) is 2. The van der Waals surface area contributed by atoms with Crippen molar-refractivity contribution in [1.29, 1.82) is 0 Å². The molecule has 0 saturated carbocycles. The predicted octanol–water partition coefficient (Wildman–Crippen LogP) is 2.30. The number of nitrogens with one attached hydrogen (secondary N) is 1. The summed E-state index contributed by atoms with van der Waals surface area (Å²) in [5.74, 6) is 0.942. The minimum absolute atomic E-state index is 0. The van der Waals surface area contributed by atoms with Gasteiger partial charge in [0.25, 0.3) is 0 Å². The van der Waals surface area contributed by atoms with Gasteiger partial charge < -0.3 is 19.7 Å². The first kappa shape index (κ1) is 19.2. The molecule has 1 heterocycles. The SMILES string of the molecule is CN=C(NCCCOCCOC)N1CCc2ccccc21.I. The summed E-state index contributed by atoms with van der Waals surface area (Å²) in [6.45, 7) is 3.90. The lowest BCUT2D eigenvalue weighted by Gasteiger charge is -2.22. The standard InChI is InChI=1S/C16H25N3O2.HI/c1-17-16(18-9-5-11-21-13-12-20-2)19-10-8-14-6-3-4-7-15(14)19;/h3-4,6-7H,5,8-13H2,1-2H3,(H,17,18);1H. The van der Waals surface area contributed by atoms with Gasteiger partial charge in [-0.2, -0.15) is 0 Å². The molecule has 22 heavy (non-hydrogen) atoms. The highest BCUT2D eigenvalue weighted by Crippen LogP contribution is 2.27. The van der Waals surface area contributed by atoms with Crippen LogP contribution in [0.3, 0.4) is 0 Å². The quantitative estimate of drug-likeness (QED) is 0.319. The van der Waals surface area contributed by atoms with E-state index in [4.69, 9.17) is 9.47 Å². The molecule has 0 aromatic heterocycles. The van der Waals surface area contributed by atoms with Crippen LogP contribution < -0.4 is 10.2 Å². The summed E-state index contributed by atoms with van der Waals surface area (Å²) in [6, 6.07) is 8.51. The van der Waals surface area contributed by atoms with Gasteiger partial charge in [0.2, 0.25) is 0 Å². The molecule has 0 amide bonds. The van der Waals surface area contributed by atoms with Crippen molar-refractivity contribution in [2.45, 2.75) is 12.8 Å². The van der Waals surface area contributed by atoms with Gasteiger partial charge >= 0.3 is 0 Å².